The van der Waals surface area contributed by atoms with E-state index in [0.717, 1.165) is 12.5 Å². The van der Waals surface area contributed by atoms with E-state index >= 15 is 0 Å². The molecular weight excluding hydrogens is 288 g/mol. The SMILES string of the molecule is C[SiH](C)O[Si](C)(C)CCCOc1ccc(C(=O)O)cc1. The van der Waals surface area contributed by atoms with Gasteiger partial charge in [-0.3, -0.25) is 0 Å². The Hall–Kier alpha value is -1.12. The number of ether oxygens (including phenoxy) is 1. The minimum absolute atomic E-state index is 0.279. The quantitative estimate of drug-likeness (QED) is 0.591. The average molecular weight is 313 g/mol. The highest BCUT2D eigenvalue weighted by atomic mass is 28.4. The number of rotatable bonds is 8. The van der Waals surface area contributed by atoms with Gasteiger partial charge in [-0.2, -0.15) is 0 Å². The molecule has 0 aliphatic carbocycles. The van der Waals surface area contributed by atoms with Crippen LogP contribution in [-0.4, -0.2) is 35.0 Å². The molecular formula is C14H24O4Si2. The molecule has 0 heterocycles. The molecule has 1 rings (SSSR count). The summed E-state index contributed by atoms with van der Waals surface area (Å²) in [6, 6.07) is 7.60. The van der Waals surface area contributed by atoms with Crippen LogP contribution in [0, 0.1) is 0 Å². The van der Waals surface area contributed by atoms with Gasteiger partial charge in [-0.1, -0.05) is 0 Å². The maximum absolute atomic E-state index is 10.7. The molecule has 0 saturated carbocycles. The normalized spacial score (nSPS) is 11.7. The zero-order chi connectivity index (χ0) is 15.2. The van der Waals surface area contributed by atoms with E-state index in [4.69, 9.17) is 14.0 Å². The molecule has 0 aliphatic heterocycles. The van der Waals surface area contributed by atoms with E-state index in [9.17, 15) is 4.79 Å². The largest absolute Gasteiger partial charge is 0.494 e. The second kappa shape index (κ2) is 7.61. The van der Waals surface area contributed by atoms with Crippen molar-refractivity contribution in [2.24, 2.45) is 0 Å². The summed E-state index contributed by atoms with van der Waals surface area (Å²) >= 11 is 0. The highest BCUT2D eigenvalue weighted by Crippen LogP contribution is 2.17. The van der Waals surface area contributed by atoms with Crippen LogP contribution in [0.3, 0.4) is 0 Å². The van der Waals surface area contributed by atoms with Crippen molar-refractivity contribution < 1.29 is 18.8 Å². The molecule has 0 saturated heterocycles. The number of carbonyl (C=O) groups is 1. The molecule has 0 fully saturated rings. The number of benzene rings is 1. The smallest absolute Gasteiger partial charge is 0.335 e. The molecule has 0 atom stereocenters. The van der Waals surface area contributed by atoms with Crippen LogP contribution in [0.2, 0.25) is 32.2 Å². The fourth-order valence-electron chi connectivity index (χ4n) is 2.08. The van der Waals surface area contributed by atoms with E-state index in [1.807, 2.05) is 0 Å². The topological polar surface area (TPSA) is 55.8 Å². The summed E-state index contributed by atoms with van der Waals surface area (Å²) in [5.41, 5.74) is 0.279. The molecule has 6 heteroatoms. The van der Waals surface area contributed by atoms with E-state index in [2.05, 4.69) is 26.2 Å². The van der Waals surface area contributed by atoms with Crippen molar-refractivity contribution in [1.29, 1.82) is 0 Å². The fourth-order valence-corrected chi connectivity index (χ4v) is 8.65. The highest BCUT2D eigenvalue weighted by Gasteiger charge is 2.22. The summed E-state index contributed by atoms with van der Waals surface area (Å²) in [6.07, 6.45) is 0.973. The summed E-state index contributed by atoms with van der Waals surface area (Å²) < 4.78 is 11.7. The predicted octanol–water partition coefficient (Wildman–Crippen LogP) is 3.36. The maximum Gasteiger partial charge on any atom is 0.335 e. The van der Waals surface area contributed by atoms with Gasteiger partial charge < -0.3 is 14.0 Å². The summed E-state index contributed by atoms with van der Waals surface area (Å²) in [5, 5.41) is 8.80. The lowest BCUT2D eigenvalue weighted by Crippen LogP contribution is -2.35. The van der Waals surface area contributed by atoms with Crippen molar-refractivity contribution in [3.8, 4) is 5.75 Å². The van der Waals surface area contributed by atoms with E-state index < -0.39 is 23.3 Å². The van der Waals surface area contributed by atoms with Crippen LogP contribution < -0.4 is 4.74 Å². The first kappa shape index (κ1) is 16.9. The van der Waals surface area contributed by atoms with Gasteiger partial charge in [0.1, 0.15) is 5.75 Å². The third kappa shape index (κ3) is 6.36. The van der Waals surface area contributed by atoms with Crippen molar-refractivity contribution >= 4 is 23.3 Å². The standard InChI is InChI=1S/C14H24O4Si2/c1-19(2)18-20(3,4)11-5-10-17-13-8-6-12(7-9-13)14(15)16/h6-9,19H,5,10-11H2,1-4H3,(H,15,16). The van der Waals surface area contributed by atoms with Gasteiger partial charge >= 0.3 is 5.97 Å². The summed E-state index contributed by atoms with van der Waals surface area (Å²) in [5.74, 6) is -0.201. The number of carboxylic acid groups (broad SMARTS) is 1. The zero-order valence-electron chi connectivity index (χ0n) is 12.7. The predicted molar refractivity (Wildman–Crippen MR) is 85.8 cm³/mol. The van der Waals surface area contributed by atoms with Crippen molar-refractivity contribution in [1.82, 2.24) is 0 Å². The molecule has 0 unspecified atom stereocenters. The molecule has 0 radical (unpaired) electrons. The van der Waals surface area contributed by atoms with Crippen LogP contribution in [0.15, 0.2) is 24.3 Å². The van der Waals surface area contributed by atoms with Gasteiger partial charge in [0.2, 0.25) is 0 Å². The van der Waals surface area contributed by atoms with Gasteiger partial charge in [-0.25, -0.2) is 4.79 Å². The Bertz CT molecular complexity index is 429. The molecule has 1 aromatic rings. The van der Waals surface area contributed by atoms with Crippen LogP contribution in [-0.2, 0) is 4.12 Å². The molecule has 1 aromatic carbocycles. The molecule has 0 bridgehead atoms. The number of carboxylic acids is 1. The van der Waals surface area contributed by atoms with Crippen LogP contribution in [0.1, 0.15) is 16.8 Å². The van der Waals surface area contributed by atoms with Crippen molar-refractivity contribution in [3.63, 3.8) is 0 Å². The number of hydrogen-bond donors (Lipinski definition) is 1. The van der Waals surface area contributed by atoms with Gasteiger partial charge in [-0.05, 0) is 62.9 Å². The van der Waals surface area contributed by atoms with Crippen molar-refractivity contribution in [2.45, 2.75) is 38.7 Å². The molecule has 4 nitrogen and oxygen atoms in total. The molecule has 0 amide bonds. The van der Waals surface area contributed by atoms with Gasteiger partial charge in [0.15, 0.2) is 17.4 Å². The van der Waals surface area contributed by atoms with Gasteiger partial charge in [0.25, 0.3) is 0 Å². The van der Waals surface area contributed by atoms with Crippen LogP contribution >= 0.6 is 0 Å². The molecule has 0 aromatic heterocycles. The van der Waals surface area contributed by atoms with Gasteiger partial charge in [0, 0.05) is 0 Å². The number of hydrogen-bond acceptors (Lipinski definition) is 3. The number of aromatic carboxylic acids is 1. The Labute approximate surface area is 123 Å². The first-order valence-corrected chi connectivity index (χ1v) is 12.8. The Morgan fingerprint density at radius 3 is 2.35 bits per heavy atom. The fraction of sp³-hybridized carbons (Fsp3) is 0.500. The molecule has 0 aliphatic rings. The van der Waals surface area contributed by atoms with E-state index in [1.165, 1.54) is 0 Å². The molecule has 0 spiro atoms. The minimum atomic E-state index is -1.52. The molecule has 1 N–H and O–H groups in total. The summed E-state index contributed by atoms with van der Waals surface area (Å²) in [4.78, 5) is 10.7. The first-order valence-electron chi connectivity index (χ1n) is 6.94. The maximum atomic E-state index is 10.7. The highest BCUT2D eigenvalue weighted by molar-refractivity contribution is 6.77. The van der Waals surface area contributed by atoms with E-state index in [0.29, 0.717) is 12.4 Å². The van der Waals surface area contributed by atoms with Crippen LogP contribution in [0.4, 0.5) is 0 Å². The molecule has 112 valence electrons. The second-order valence-electron chi connectivity index (χ2n) is 5.71. The first-order chi connectivity index (χ1) is 9.30. The lowest BCUT2D eigenvalue weighted by atomic mass is 10.2. The van der Waals surface area contributed by atoms with Gasteiger partial charge in [0.05, 0.1) is 12.2 Å². The third-order valence-corrected chi connectivity index (χ3v) is 8.84. The lowest BCUT2D eigenvalue weighted by molar-refractivity contribution is 0.0697. The Morgan fingerprint density at radius 2 is 1.85 bits per heavy atom. The van der Waals surface area contributed by atoms with Crippen molar-refractivity contribution in [3.05, 3.63) is 29.8 Å². The Balaban J connectivity index is 2.32. The monoisotopic (exact) mass is 312 g/mol. The van der Waals surface area contributed by atoms with Crippen molar-refractivity contribution in [2.75, 3.05) is 6.61 Å². The lowest BCUT2D eigenvalue weighted by Gasteiger charge is -2.25. The summed E-state index contributed by atoms with van der Waals surface area (Å²) in [7, 11) is -2.48. The molecule has 20 heavy (non-hydrogen) atoms. The van der Waals surface area contributed by atoms with Gasteiger partial charge in [-0.15, -0.1) is 0 Å². The average Bonchev–Trinajstić information content (AvgIpc) is 2.33. The Kier molecular flexibility index (Phi) is 6.44. The third-order valence-electron chi connectivity index (χ3n) is 2.85. The van der Waals surface area contributed by atoms with E-state index in [1.54, 1.807) is 24.3 Å². The van der Waals surface area contributed by atoms with Crippen LogP contribution in [0.5, 0.6) is 5.75 Å². The van der Waals surface area contributed by atoms with Crippen LogP contribution in [0.25, 0.3) is 0 Å². The minimum Gasteiger partial charge on any atom is -0.494 e. The second-order valence-corrected chi connectivity index (χ2v) is 12.8. The van der Waals surface area contributed by atoms with E-state index in [-0.39, 0.29) is 5.56 Å². The zero-order valence-corrected chi connectivity index (χ0v) is 14.8. The summed E-state index contributed by atoms with van der Waals surface area (Å²) in [6.45, 7) is 9.56. The Morgan fingerprint density at radius 1 is 1.25 bits per heavy atom.